The lowest BCUT2D eigenvalue weighted by Crippen LogP contribution is -2.10. The Bertz CT molecular complexity index is 335. The largest absolute Gasteiger partial charge is 0.493 e. The first-order chi connectivity index (χ1) is 8.24. The van der Waals surface area contributed by atoms with Crippen molar-refractivity contribution in [2.45, 2.75) is 32.0 Å². The molecule has 0 spiro atoms. The van der Waals surface area contributed by atoms with Crippen molar-refractivity contribution in [3.8, 4) is 11.5 Å². The second-order valence-electron chi connectivity index (χ2n) is 4.11. The van der Waals surface area contributed by atoms with Gasteiger partial charge < -0.3 is 9.47 Å². The van der Waals surface area contributed by atoms with Crippen molar-refractivity contribution < 1.29 is 9.47 Å². The van der Waals surface area contributed by atoms with Gasteiger partial charge in [-0.1, -0.05) is 48.7 Å². The predicted octanol–water partition coefficient (Wildman–Crippen LogP) is 4.41. The fourth-order valence-electron chi connectivity index (χ4n) is 1.65. The van der Waals surface area contributed by atoms with Gasteiger partial charge in [0, 0.05) is 5.33 Å². The van der Waals surface area contributed by atoms with Crippen LogP contribution in [0.25, 0.3) is 0 Å². The maximum atomic E-state index is 5.87. The predicted molar refractivity (Wildman–Crippen MR) is 75.2 cm³/mol. The lowest BCUT2D eigenvalue weighted by atomic mass is 10.1. The highest BCUT2D eigenvalue weighted by Crippen LogP contribution is 2.29. The fourth-order valence-corrected chi connectivity index (χ4v) is 2.00. The van der Waals surface area contributed by atoms with E-state index in [0.717, 1.165) is 36.3 Å². The number of hydrogen-bond donors (Lipinski definition) is 0. The van der Waals surface area contributed by atoms with E-state index in [9.17, 15) is 0 Å². The SMILES string of the molecule is CCC(CC)COc1cc(CBr)ccc1OC. The van der Waals surface area contributed by atoms with Gasteiger partial charge in [-0.2, -0.15) is 0 Å². The maximum absolute atomic E-state index is 5.87. The van der Waals surface area contributed by atoms with Crippen molar-refractivity contribution in [3.05, 3.63) is 23.8 Å². The molecule has 0 aromatic heterocycles. The lowest BCUT2D eigenvalue weighted by Gasteiger charge is -2.16. The Morgan fingerprint density at radius 1 is 1.18 bits per heavy atom. The van der Waals surface area contributed by atoms with E-state index in [1.165, 1.54) is 5.56 Å². The molecule has 0 aliphatic rings. The molecule has 0 saturated carbocycles. The van der Waals surface area contributed by atoms with Crippen molar-refractivity contribution in [1.29, 1.82) is 0 Å². The summed E-state index contributed by atoms with van der Waals surface area (Å²) in [5, 5.41) is 0.832. The minimum atomic E-state index is 0.618. The zero-order valence-corrected chi connectivity index (χ0v) is 12.4. The number of alkyl halides is 1. The van der Waals surface area contributed by atoms with Crippen LogP contribution in [0.1, 0.15) is 32.3 Å². The van der Waals surface area contributed by atoms with Crippen LogP contribution in [0.15, 0.2) is 18.2 Å². The smallest absolute Gasteiger partial charge is 0.161 e. The molecule has 0 bridgehead atoms. The van der Waals surface area contributed by atoms with Crippen molar-refractivity contribution in [2.24, 2.45) is 5.92 Å². The van der Waals surface area contributed by atoms with E-state index < -0.39 is 0 Å². The zero-order valence-electron chi connectivity index (χ0n) is 10.8. The van der Waals surface area contributed by atoms with Gasteiger partial charge >= 0.3 is 0 Å². The number of methoxy groups -OCH3 is 1. The first-order valence-electron chi connectivity index (χ1n) is 6.10. The molecule has 3 heteroatoms. The van der Waals surface area contributed by atoms with Gasteiger partial charge in [0.05, 0.1) is 13.7 Å². The molecule has 1 aromatic rings. The van der Waals surface area contributed by atoms with Gasteiger partial charge in [-0.15, -0.1) is 0 Å². The minimum absolute atomic E-state index is 0.618. The number of rotatable bonds is 7. The summed E-state index contributed by atoms with van der Waals surface area (Å²) in [6.45, 7) is 5.16. The molecule has 0 N–H and O–H groups in total. The van der Waals surface area contributed by atoms with Gasteiger partial charge in [-0.05, 0) is 23.6 Å². The normalized spacial score (nSPS) is 10.6. The standard InChI is InChI=1S/C14H21BrO2/c1-4-11(5-2)10-17-14-8-12(9-15)6-7-13(14)16-3/h6-8,11H,4-5,9-10H2,1-3H3. The molecule has 0 heterocycles. The monoisotopic (exact) mass is 300 g/mol. The van der Waals surface area contributed by atoms with Crippen molar-refractivity contribution in [1.82, 2.24) is 0 Å². The Morgan fingerprint density at radius 3 is 2.41 bits per heavy atom. The number of benzene rings is 1. The van der Waals surface area contributed by atoms with Gasteiger partial charge in [0.1, 0.15) is 0 Å². The van der Waals surface area contributed by atoms with Crippen LogP contribution < -0.4 is 9.47 Å². The summed E-state index contributed by atoms with van der Waals surface area (Å²) < 4.78 is 11.2. The molecular formula is C14H21BrO2. The van der Waals surface area contributed by atoms with Crippen molar-refractivity contribution in [3.63, 3.8) is 0 Å². The van der Waals surface area contributed by atoms with E-state index in [1.54, 1.807) is 7.11 Å². The molecule has 0 saturated heterocycles. The molecule has 2 nitrogen and oxygen atoms in total. The lowest BCUT2D eigenvalue weighted by molar-refractivity contribution is 0.230. The van der Waals surface area contributed by atoms with Crippen molar-refractivity contribution >= 4 is 15.9 Å². The molecule has 0 aliphatic heterocycles. The summed E-state index contributed by atoms with van der Waals surface area (Å²) in [6, 6.07) is 6.03. The van der Waals surface area contributed by atoms with E-state index in [0.29, 0.717) is 5.92 Å². The van der Waals surface area contributed by atoms with E-state index in [2.05, 4.69) is 29.8 Å². The molecule has 0 unspecified atom stereocenters. The third-order valence-electron chi connectivity index (χ3n) is 3.01. The Balaban J connectivity index is 2.73. The van der Waals surface area contributed by atoms with Crippen LogP contribution in [0.5, 0.6) is 11.5 Å². The van der Waals surface area contributed by atoms with Gasteiger partial charge in [0.15, 0.2) is 11.5 Å². The van der Waals surface area contributed by atoms with Gasteiger partial charge in [0.25, 0.3) is 0 Å². The molecule has 0 amide bonds. The third-order valence-corrected chi connectivity index (χ3v) is 3.66. The second kappa shape index (κ2) is 7.59. The Kier molecular flexibility index (Phi) is 6.41. The summed E-state index contributed by atoms with van der Waals surface area (Å²) in [6.07, 6.45) is 2.30. The Labute approximate surface area is 112 Å². The summed E-state index contributed by atoms with van der Waals surface area (Å²) in [4.78, 5) is 0. The van der Waals surface area contributed by atoms with E-state index in [1.807, 2.05) is 18.2 Å². The van der Waals surface area contributed by atoms with Crippen LogP contribution in [0.2, 0.25) is 0 Å². The average Bonchev–Trinajstić information content (AvgIpc) is 2.39. The molecule has 1 aromatic carbocycles. The minimum Gasteiger partial charge on any atom is -0.493 e. The maximum Gasteiger partial charge on any atom is 0.161 e. The molecule has 1 rings (SSSR count). The number of hydrogen-bond acceptors (Lipinski definition) is 2. The molecular weight excluding hydrogens is 280 g/mol. The Morgan fingerprint density at radius 2 is 1.88 bits per heavy atom. The van der Waals surface area contributed by atoms with Crippen LogP contribution in [-0.2, 0) is 5.33 Å². The molecule has 96 valence electrons. The first kappa shape index (κ1) is 14.4. The van der Waals surface area contributed by atoms with Gasteiger partial charge in [0.2, 0.25) is 0 Å². The number of halogens is 1. The molecule has 17 heavy (non-hydrogen) atoms. The first-order valence-corrected chi connectivity index (χ1v) is 7.22. The zero-order chi connectivity index (χ0) is 12.7. The second-order valence-corrected chi connectivity index (χ2v) is 4.67. The fraction of sp³-hybridized carbons (Fsp3) is 0.571. The van der Waals surface area contributed by atoms with Crippen LogP contribution in [-0.4, -0.2) is 13.7 Å². The quantitative estimate of drug-likeness (QED) is 0.695. The van der Waals surface area contributed by atoms with Crippen LogP contribution >= 0.6 is 15.9 Å². The molecule has 0 aliphatic carbocycles. The highest BCUT2D eigenvalue weighted by atomic mass is 79.9. The summed E-state index contributed by atoms with van der Waals surface area (Å²) in [5.41, 5.74) is 1.20. The van der Waals surface area contributed by atoms with E-state index in [4.69, 9.17) is 9.47 Å². The number of ether oxygens (including phenoxy) is 2. The summed E-state index contributed by atoms with van der Waals surface area (Å²) in [5.74, 6) is 2.27. The summed E-state index contributed by atoms with van der Waals surface area (Å²) >= 11 is 3.45. The van der Waals surface area contributed by atoms with Crippen molar-refractivity contribution in [2.75, 3.05) is 13.7 Å². The van der Waals surface area contributed by atoms with E-state index in [-0.39, 0.29) is 0 Å². The third kappa shape index (κ3) is 4.23. The van der Waals surface area contributed by atoms with Crippen LogP contribution in [0.3, 0.4) is 0 Å². The Hall–Kier alpha value is -0.700. The summed E-state index contributed by atoms with van der Waals surface area (Å²) in [7, 11) is 1.67. The highest BCUT2D eigenvalue weighted by molar-refractivity contribution is 9.08. The van der Waals surface area contributed by atoms with Gasteiger partial charge in [-0.3, -0.25) is 0 Å². The molecule has 0 fully saturated rings. The molecule has 0 atom stereocenters. The van der Waals surface area contributed by atoms with Gasteiger partial charge in [-0.25, -0.2) is 0 Å². The highest BCUT2D eigenvalue weighted by Gasteiger charge is 2.09. The molecule has 0 radical (unpaired) electrons. The average molecular weight is 301 g/mol. The topological polar surface area (TPSA) is 18.5 Å². The van der Waals surface area contributed by atoms with E-state index >= 15 is 0 Å². The van der Waals surface area contributed by atoms with Crippen LogP contribution in [0.4, 0.5) is 0 Å². The van der Waals surface area contributed by atoms with Crippen LogP contribution in [0, 0.1) is 5.92 Å².